The van der Waals surface area contributed by atoms with E-state index in [9.17, 15) is 24.8 Å². The molecule has 4 N–H and O–H groups in total. The number of aromatic amines is 1. The third kappa shape index (κ3) is 6.83. The lowest BCUT2D eigenvalue weighted by molar-refractivity contribution is -0.132. The molecule has 4 aliphatic heterocycles. The number of carbonyl (C=O) groups is 3. The number of ether oxygens (including phenoxy) is 5. The van der Waals surface area contributed by atoms with Gasteiger partial charge in [0.05, 0.1) is 25.3 Å². The molecule has 0 aliphatic carbocycles. The van der Waals surface area contributed by atoms with Crippen molar-refractivity contribution in [1.82, 2.24) is 25.4 Å². The predicted octanol–water partition coefficient (Wildman–Crippen LogP) is 5.18. The second-order valence-electron chi connectivity index (χ2n) is 16.9. The van der Waals surface area contributed by atoms with E-state index in [4.69, 9.17) is 23.7 Å². The summed E-state index contributed by atoms with van der Waals surface area (Å²) in [5.41, 5.74) is 5.23. The molecule has 0 spiro atoms. The number of aryl methyl sites for hydroxylation is 1. The van der Waals surface area contributed by atoms with Crippen molar-refractivity contribution in [3.05, 3.63) is 75.5 Å². The van der Waals surface area contributed by atoms with E-state index in [0.717, 1.165) is 27.6 Å². The van der Waals surface area contributed by atoms with Gasteiger partial charge >= 0.3 is 12.1 Å². The Balaban J connectivity index is 1.24. The lowest BCUT2D eigenvalue weighted by atomic mass is 9.71. The number of para-hydroxylation sites is 1. The van der Waals surface area contributed by atoms with Crippen LogP contribution in [0.15, 0.2) is 36.5 Å². The molecule has 8 rings (SSSR count). The average molecular weight is 807 g/mol. The van der Waals surface area contributed by atoms with Gasteiger partial charge in [-0.3, -0.25) is 19.4 Å². The van der Waals surface area contributed by atoms with Crippen molar-refractivity contribution in [2.24, 2.45) is 0 Å². The van der Waals surface area contributed by atoms with Crippen molar-refractivity contribution >= 4 is 28.9 Å². The van der Waals surface area contributed by atoms with Crippen molar-refractivity contribution in [1.29, 1.82) is 5.26 Å². The van der Waals surface area contributed by atoms with Gasteiger partial charge in [0, 0.05) is 71.3 Å². The minimum absolute atomic E-state index is 0.0293. The number of alkyl carbamates (subject to hydrolysis) is 1. The predicted molar refractivity (Wildman–Crippen MR) is 216 cm³/mol. The molecule has 1 saturated heterocycles. The monoisotopic (exact) mass is 806 g/mol. The first-order chi connectivity index (χ1) is 28.1. The summed E-state index contributed by atoms with van der Waals surface area (Å²) in [6.45, 7) is 10.2. The number of rotatable bonds is 8. The van der Waals surface area contributed by atoms with Gasteiger partial charge in [-0.25, -0.2) is 4.79 Å². The molecule has 15 nitrogen and oxygen atoms in total. The Labute approximate surface area is 342 Å². The van der Waals surface area contributed by atoms with Gasteiger partial charge in [-0.15, -0.1) is 0 Å². The average Bonchev–Trinajstić information content (AvgIpc) is 3.83. The van der Waals surface area contributed by atoms with E-state index in [0.29, 0.717) is 58.1 Å². The SMILES string of the molecule is COc1c(C)cc2c(c1O)[C@@H]1C3Cc4c(OC(C)=O)c(C)c5c(c4[C@H](CNC(=O)[C@H](Cc4c[nH]c6ccccc46)NC(=O)OC(C)(C)C)N3[C@@H](C#N)[C@H](C2)N1C)OCO5. The fraction of sp³-hybridized carbons (Fsp3) is 0.455. The Morgan fingerprint density at radius 3 is 2.54 bits per heavy atom. The summed E-state index contributed by atoms with van der Waals surface area (Å²) < 4.78 is 29.4. The number of carbonyl (C=O) groups excluding carboxylic acids is 3. The Bertz CT molecular complexity index is 2410. The topological polar surface area (TPSA) is 188 Å². The lowest BCUT2D eigenvalue weighted by Gasteiger charge is -2.60. The van der Waals surface area contributed by atoms with Crippen LogP contribution < -0.4 is 29.6 Å². The van der Waals surface area contributed by atoms with Crippen LogP contribution in [0.2, 0.25) is 0 Å². The number of esters is 1. The quantitative estimate of drug-likeness (QED) is 0.135. The van der Waals surface area contributed by atoms with Crippen LogP contribution in [0.1, 0.15) is 78.7 Å². The fourth-order valence-corrected chi connectivity index (χ4v) is 9.81. The summed E-state index contributed by atoms with van der Waals surface area (Å²) in [4.78, 5) is 48.1. The summed E-state index contributed by atoms with van der Waals surface area (Å²) in [6.07, 6.45) is 2.01. The molecular formula is C44H50N6O9. The number of aromatic hydroxyl groups is 1. The normalized spacial score (nSPS) is 22.3. The number of methoxy groups -OCH3 is 1. The molecule has 3 aromatic carbocycles. The van der Waals surface area contributed by atoms with Gasteiger partial charge in [0.2, 0.25) is 12.7 Å². The van der Waals surface area contributed by atoms with Crippen molar-refractivity contribution in [3.8, 4) is 34.8 Å². The summed E-state index contributed by atoms with van der Waals surface area (Å²) in [7, 11) is 3.49. The summed E-state index contributed by atoms with van der Waals surface area (Å²) in [6, 6.07) is 8.70. The van der Waals surface area contributed by atoms with Crippen LogP contribution in [0.4, 0.5) is 4.79 Å². The Hall–Kier alpha value is -5.98. The molecular weight excluding hydrogens is 757 g/mol. The van der Waals surface area contributed by atoms with Gasteiger partial charge < -0.3 is 44.4 Å². The highest BCUT2D eigenvalue weighted by Gasteiger charge is 2.57. The molecule has 310 valence electrons. The molecule has 15 heteroatoms. The molecule has 59 heavy (non-hydrogen) atoms. The molecule has 5 heterocycles. The van der Waals surface area contributed by atoms with Crippen molar-refractivity contribution < 1.29 is 43.2 Å². The number of nitrogens with zero attached hydrogens (tertiary/aromatic N) is 3. The minimum Gasteiger partial charge on any atom is -0.504 e. The van der Waals surface area contributed by atoms with Crippen LogP contribution in [0.3, 0.4) is 0 Å². The number of nitrogens with one attached hydrogen (secondary N) is 3. The Kier molecular flexibility index (Phi) is 10.1. The maximum atomic E-state index is 14.6. The number of hydrogen-bond acceptors (Lipinski definition) is 12. The zero-order chi connectivity index (χ0) is 42.1. The van der Waals surface area contributed by atoms with E-state index in [1.165, 1.54) is 14.0 Å². The number of piperazine rings is 1. The third-order valence-corrected chi connectivity index (χ3v) is 12.1. The maximum absolute atomic E-state index is 14.6. The molecule has 0 radical (unpaired) electrons. The van der Waals surface area contributed by atoms with E-state index in [-0.39, 0.29) is 31.5 Å². The second kappa shape index (κ2) is 15.0. The van der Waals surface area contributed by atoms with Crippen molar-refractivity contribution in [2.45, 2.75) is 103 Å². The van der Waals surface area contributed by atoms with Crippen LogP contribution >= 0.6 is 0 Å². The zero-order valence-electron chi connectivity index (χ0n) is 34.5. The first-order valence-corrected chi connectivity index (χ1v) is 19.9. The molecule has 2 bridgehead atoms. The van der Waals surface area contributed by atoms with Gasteiger partial charge in [-0.1, -0.05) is 24.3 Å². The van der Waals surface area contributed by atoms with Crippen LogP contribution in [-0.4, -0.2) is 95.1 Å². The van der Waals surface area contributed by atoms with E-state index >= 15 is 0 Å². The number of benzene rings is 3. The van der Waals surface area contributed by atoms with Gasteiger partial charge in [0.1, 0.15) is 23.4 Å². The number of amides is 2. The van der Waals surface area contributed by atoms with Gasteiger partial charge in [-0.2, -0.15) is 5.26 Å². The largest absolute Gasteiger partial charge is 0.504 e. The smallest absolute Gasteiger partial charge is 0.408 e. The van der Waals surface area contributed by atoms with Crippen LogP contribution in [0, 0.1) is 25.2 Å². The van der Waals surface area contributed by atoms with Gasteiger partial charge in [-0.05, 0) is 77.3 Å². The molecule has 4 aliphatic rings. The molecule has 6 atom stereocenters. The molecule has 1 fully saturated rings. The zero-order valence-corrected chi connectivity index (χ0v) is 34.5. The number of hydrogen-bond donors (Lipinski definition) is 4. The summed E-state index contributed by atoms with van der Waals surface area (Å²) >= 11 is 0. The van der Waals surface area contributed by atoms with E-state index in [2.05, 4.69) is 31.5 Å². The first-order valence-electron chi connectivity index (χ1n) is 19.9. The number of phenolic OH excluding ortho intramolecular Hbond substituents is 1. The number of aromatic nitrogens is 1. The molecule has 1 unspecified atom stereocenters. The first kappa shape index (κ1) is 39.8. The number of H-pyrrole nitrogens is 1. The fourth-order valence-electron chi connectivity index (χ4n) is 9.81. The third-order valence-electron chi connectivity index (χ3n) is 12.1. The van der Waals surface area contributed by atoms with E-state index in [1.807, 2.05) is 57.4 Å². The van der Waals surface area contributed by atoms with E-state index < -0.39 is 53.8 Å². The highest BCUT2D eigenvalue weighted by Crippen LogP contribution is 2.58. The van der Waals surface area contributed by atoms with Crippen LogP contribution in [0.5, 0.6) is 28.7 Å². The number of likely N-dealkylation sites (N-methyl/N-ethyl adjacent to an activating group) is 1. The lowest BCUT2D eigenvalue weighted by Crippen LogP contribution is -2.69. The number of phenols is 1. The molecule has 1 aromatic heterocycles. The highest BCUT2D eigenvalue weighted by atomic mass is 16.7. The standard InChI is InChI=1S/C44H50N6O9/c1-21-13-24-15-30-32(17-45)50-31(36(49(30)7)34(24)37(52)38(21)55-8)16-27-35(41-40(56-20-57-41)22(2)39(27)58-23(3)51)33(50)19-47-42(53)29(48-43(54)59-44(4,5)6)14-25-18-46-28-12-10-9-11-26(25)28/h9-13,18,29-33,36,46,52H,14-16,19-20H2,1-8H3,(H,47,53)(H,48,54)/t29-,30-,31?,32-,33-,36-/m0/s1. The van der Waals surface area contributed by atoms with Crippen LogP contribution in [-0.2, 0) is 33.6 Å². The van der Waals surface area contributed by atoms with Gasteiger partial charge in [0.25, 0.3) is 0 Å². The number of nitriles is 1. The highest BCUT2D eigenvalue weighted by molar-refractivity contribution is 5.88. The molecule has 2 amide bonds. The Morgan fingerprint density at radius 2 is 1.83 bits per heavy atom. The second-order valence-corrected chi connectivity index (χ2v) is 16.9. The molecule has 0 saturated carbocycles. The number of fused-ring (bicyclic) bond motifs is 10. The van der Waals surface area contributed by atoms with Crippen molar-refractivity contribution in [2.75, 3.05) is 27.5 Å². The summed E-state index contributed by atoms with van der Waals surface area (Å²) in [5, 5.41) is 29.8. The minimum atomic E-state index is -1.05. The van der Waals surface area contributed by atoms with E-state index in [1.54, 1.807) is 20.8 Å². The molecule has 4 aromatic rings. The van der Waals surface area contributed by atoms with Crippen molar-refractivity contribution in [3.63, 3.8) is 0 Å². The summed E-state index contributed by atoms with van der Waals surface area (Å²) in [5.74, 6) is 0.626. The maximum Gasteiger partial charge on any atom is 0.408 e. The Morgan fingerprint density at radius 1 is 1.08 bits per heavy atom. The van der Waals surface area contributed by atoms with Gasteiger partial charge in [0.15, 0.2) is 23.0 Å². The van der Waals surface area contributed by atoms with Crippen LogP contribution in [0.25, 0.3) is 10.9 Å².